The van der Waals surface area contributed by atoms with Gasteiger partial charge < -0.3 is 21.1 Å². The molecule has 1 fully saturated rings. The summed E-state index contributed by atoms with van der Waals surface area (Å²) in [6.45, 7) is 1.46. The lowest BCUT2D eigenvalue weighted by Gasteiger charge is -2.30. The summed E-state index contributed by atoms with van der Waals surface area (Å²) in [5.41, 5.74) is 12.5. The zero-order chi connectivity index (χ0) is 14.7. The van der Waals surface area contributed by atoms with Crippen molar-refractivity contribution in [3.8, 4) is 0 Å². The number of amides is 1. The van der Waals surface area contributed by atoms with Gasteiger partial charge in [-0.15, -0.1) is 0 Å². The number of likely N-dealkylation sites (N-methyl/N-ethyl adjacent to an activating group) is 1. The van der Waals surface area contributed by atoms with E-state index in [2.05, 4.69) is 0 Å². The van der Waals surface area contributed by atoms with Crippen LogP contribution in [0.5, 0.6) is 0 Å². The Morgan fingerprint density at radius 3 is 2.85 bits per heavy atom. The molecule has 0 aliphatic carbocycles. The summed E-state index contributed by atoms with van der Waals surface area (Å²) >= 11 is 6.22. The Morgan fingerprint density at radius 2 is 2.25 bits per heavy atom. The molecule has 1 saturated heterocycles. The van der Waals surface area contributed by atoms with Gasteiger partial charge in [0.05, 0.1) is 22.4 Å². The van der Waals surface area contributed by atoms with Crippen molar-refractivity contribution in [3.63, 3.8) is 0 Å². The molecular formula is C14H20ClN3O2. The van der Waals surface area contributed by atoms with E-state index >= 15 is 0 Å². The number of anilines is 2. The quantitative estimate of drug-likeness (QED) is 0.833. The maximum absolute atomic E-state index is 11.6. The lowest BCUT2D eigenvalue weighted by atomic mass is 10.1. The highest BCUT2D eigenvalue weighted by Crippen LogP contribution is 2.32. The molecular weight excluding hydrogens is 278 g/mol. The van der Waals surface area contributed by atoms with Crippen molar-refractivity contribution in [3.05, 3.63) is 22.7 Å². The third kappa shape index (κ3) is 3.35. The molecule has 1 heterocycles. The van der Waals surface area contributed by atoms with E-state index in [0.29, 0.717) is 28.5 Å². The maximum atomic E-state index is 11.6. The Labute approximate surface area is 123 Å². The smallest absolute Gasteiger partial charge is 0.250 e. The number of hydrogen-bond donors (Lipinski definition) is 2. The van der Waals surface area contributed by atoms with Gasteiger partial charge in [0.1, 0.15) is 0 Å². The van der Waals surface area contributed by atoms with Gasteiger partial charge in [0.15, 0.2) is 0 Å². The number of ether oxygens (including phenoxy) is 1. The maximum Gasteiger partial charge on any atom is 0.250 e. The highest BCUT2D eigenvalue weighted by atomic mass is 35.5. The largest absolute Gasteiger partial charge is 0.399 e. The summed E-state index contributed by atoms with van der Waals surface area (Å²) < 4.78 is 5.71. The van der Waals surface area contributed by atoms with Crippen molar-refractivity contribution in [2.24, 2.45) is 5.73 Å². The molecule has 1 aromatic rings. The fourth-order valence-electron chi connectivity index (χ4n) is 2.54. The van der Waals surface area contributed by atoms with E-state index in [4.69, 9.17) is 27.8 Å². The minimum atomic E-state index is -0.536. The van der Waals surface area contributed by atoms with Gasteiger partial charge in [-0.1, -0.05) is 11.6 Å². The molecule has 0 spiro atoms. The van der Waals surface area contributed by atoms with Crippen molar-refractivity contribution in [2.75, 3.05) is 30.8 Å². The molecule has 1 amide bonds. The molecule has 0 aromatic heterocycles. The molecule has 1 aliphatic heterocycles. The van der Waals surface area contributed by atoms with E-state index < -0.39 is 5.91 Å². The zero-order valence-electron chi connectivity index (χ0n) is 11.6. The second kappa shape index (κ2) is 6.33. The number of rotatable bonds is 4. The summed E-state index contributed by atoms with van der Waals surface area (Å²) in [5, 5.41) is 0.428. The van der Waals surface area contributed by atoms with Gasteiger partial charge in [-0.05, 0) is 31.4 Å². The first kappa shape index (κ1) is 14.9. The topological polar surface area (TPSA) is 81.6 Å². The van der Waals surface area contributed by atoms with Crippen LogP contribution in [0.3, 0.4) is 0 Å². The predicted octanol–water partition coefficient (Wildman–Crippen LogP) is 2.03. The number of nitrogens with zero attached hydrogens (tertiary/aromatic N) is 1. The second-order valence-electron chi connectivity index (χ2n) is 5.13. The average Bonchev–Trinajstić information content (AvgIpc) is 2.38. The number of hydrogen-bond acceptors (Lipinski definition) is 4. The van der Waals surface area contributed by atoms with Crippen LogP contribution >= 0.6 is 11.6 Å². The summed E-state index contributed by atoms with van der Waals surface area (Å²) in [7, 11) is 1.88. The second-order valence-corrected chi connectivity index (χ2v) is 5.54. The number of carbonyl (C=O) groups excluding carboxylic acids is 1. The van der Waals surface area contributed by atoms with Crippen LogP contribution in [-0.4, -0.2) is 32.2 Å². The van der Waals surface area contributed by atoms with Crippen molar-refractivity contribution in [2.45, 2.75) is 25.4 Å². The first-order valence-corrected chi connectivity index (χ1v) is 7.08. The molecule has 20 heavy (non-hydrogen) atoms. The zero-order valence-corrected chi connectivity index (χ0v) is 12.3. The molecule has 0 radical (unpaired) electrons. The molecule has 5 nitrogen and oxygen atoms in total. The molecule has 1 unspecified atom stereocenters. The van der Waals surface area contributed by atoms with Crippen molar-refractivity contribution >= 4 is 28.9 Å². The van der Waals surface area contributed by atoms with Gasteiger partial charge in [0, 0.05) is 25.9 Å². The van der Waals surface area contributed by atoms with Crippen LogP contribution in [0.2, 0.25) is 5.02 Å². The Kier molecular flexibility index (Phi) is 4.73. The number of halogens is 1. The highest BCUT2D eigenvalue weighted by molar-refractivity contribution is 6.34. The molecule has 1 aromatic carbocycles. The Morgan fingerprint density at radius 1 is 1.50 bits per heavy atom. The first-order valence-electron chi connectivity index (χ1n) is 6.70. The van der Waals surface area contributed by atoms with Gasteiger partial charge in [0.25, 0.3) is 5.91 Å². The number of carbonyl (C=O) groups is 1. The predicted molar refractivity (Wildman–Crippen MR) is 81.2 cm³/mol. The van der Waals surface area contributed by atoms with E-state index in [1.54, 1.807) is 12.1 Å². The van der Waals surface area contributed by atoms with Crippen LogP contribution in [0, 0.1) is 0 Å². The normalized spacial score (nSPS) is 18.8. The van der Waals surface area contributed by atoms with Crippen LogP contribution in [0.4, 0.5) is 11.4 Å². The van der Waals surface area contributed by atoms with Crippen LogP contribution in [0.25, 0.3) is 0 Å². The number of primary amides is 1. The van der Waals surface area contributed by atoms with Crippen molar-refractivity contribution in [1.82, 2.24) is 0 Å². The van der Waals surface area contributed by atoms with Gasteiger partial charge in [0.2, 0.25) is 0 Å². The van der Waals surface area contributed by atoms with E-state index in [-0.39, 0.29) is 6.10 Å². The van der Waals surface area contributed by atoms with Crippen LogP contribution in [0.1, 0.15) is 29.6 Å². The average molecular weight is 298 g/mol. The fourth-order valence-corrected chi connectivity index (χ4v) is 2.92. The third-order valence-corrected chi connectivity index (χ3v) is 3.77. The van der Waals surface area contributed by atoms with E-state index in [0.717, 1.165) is 25.9 Å². The number of nitrogen functional groups attached to an aromatic ring is 1. The number of nitrogens with two attached hydrogens (primary N) is 2. The van der Waals surface area contributed by atoms with E-state index in [9.17, 15) is 4.79 Å². The molecule has 1 atom stereocenters. The lowest BCUT2D eigenvalue weighted by molar-refractivity contribution is 0.0216. The summed E-state index contributed by atoms with van der Waals surface area (Å²) in [5.74, 6) is -0.536. The van der Waals surface area contributed by atoms with Gasteiger partial charge in [-0.25, -0.2) is 0 Å². The summed E-state index contributed by atoms with van der Waals surface area (Å²) in [4.78, 5) is 13.5. The molecule has 2 rings (SSSR count). The SMILES string of the molecule is CN(CC1CCCCO1)c1c(Cl)cc(N)cc1C(N)=O. The summed E-state index contributed by atoms with van der Waals surface area (Å²) in [6.07, 6.45) is 3.44. The number of benzene rings is 1. The minimum absolute atomic E-state index is 0.156. The monoisotopic (exact) mass is 297 g/mol. The highest BCUT2D eigenvalue weighted by Gasteiger charge is 2.21. The molecule has 0 saturated carbocycles. The van der Waals surface area contributed by atoms with Gasteiger partial charge >= 0.3 is 0 Å². The Bertz CT molecular complexity index is 501. The van der Waals surface area contributed by atoms with E-state index in [1.165, 1.54) is 0 Å². The molecule has 6 heteroatoms. The van der Waals surface area contributed by atoms with Crippen LogP contribution < -0.4 is 16.4 Å². The lowest BCUT2D eigenvalue weighted by Crippen LogP contribution is -2.34. The first-order chi connectivity index (χ1) is 9.49. The van der Waals surface area contributed by atoms with Gasteiger partial charge in [-0.2, -0.15) is 0 Å². The Hall–Kier alpha value is -1.46. The molecule has 110 valence electrons. The minimum Gasteiger partial charge on any atom is -0.399 e. The van der Waals surface area contributed by atoms with Crippen molar-refractivity contribution in [1.29, 1.82) is 0 Å². The van der Waals surface area contributed by atoms with Gasteiger partial charge in [-0.3, -0.25) is 4.79 Å². The third-order valence-electron chi connectivity index (χ3n) is 3.48. The standard InChI is InChI=1S/C14H20ClN3O2/c1-18(8-10-4-2-3-5-20-10)13-11(14(17)19)6-9(16)7-12(13)15/h6-7,10H,2-5,8,16H2,1H3,(H2,17,19). The molecule has 0 bridgehead atoms. The molecule has 4 N–H and O–H groups in total. The Balaban J connectivity index is 2.23. The van der Waals surface area contributed by atoms with Crippen LogP contribution in [0.15, 0.2) is 12.1 Å². The summed E-state index contributed by atoms with van der Waals surface area (Å²) in [6, 6.07) is 3.18. The van der Waals surface area contributed by atoms with E-state index in [1.807, 2.05) is 11.9 Å². The fraction of sp³-hybridized carbons (Fsp3) is 0.500. The molecule has 1 aliphatic rings. The van der Waals surface area contributed by atoms with Crippen LogP contribution in [-0.2, 0) is 4.74 Å². The van der Waals surface area contributed by atoms with Crippen molar-refractivity contribution < 1.29 is 9.53 Å².